The zero-order chi connectivity index (χ0) is 12.1. The van der Waals surface area contributed by atoms with Crippen LogP contribution in [-0.2, 0) is 6.54 Å². The molecule has 90 valence electrons. The van der Waals surface area contributed by atoms with Gasteiger partial charge in [0.15, 0.2) is 0 Å². The highest BCUT2D eigenvalue weighted by molar-refractivity contribution is 14.1. The fourth-order valence-corrected chi connectivity index (χ4v) is 1.93. The van der Waals surface area contributed by atoms with Gasteiger partial charge < -0.3 is 5.32 Å². The lowest BCUT2D eigenvalue weighted by Crippen LogP contribution is -2.04. The van der Waals surface area contributed by atoms with Crippen molar-refractivity contribution in [2.24, 2.45) is 0 Å². The largest absolute Gasteiger partial charge is 0.370 e. The first-order valence-electron chi connectivity index (χ1n) is 5.64. The lowest BCUT2D eigenvalue weighted by Gasteiger charge is -2.05. The summed E-state index contributed by atoms with van der Waals surface area (Å²) < 4.78 is 3.06. The lowest BCUT2D eigenvalue weighted by atomic mass is 10.3. The maximum atomic E-state index is 4.37. The van der Waals surface area contributed by atoms with Gasteiger partial charge in [-0.05, 0) is 40.6 Å². The van der Waals surface area contributed by atoms with Crippen molar-refractivity contribution < 1.29 is 0 Å². The van der Waals surface area contributed by atoms with E-state index in [1.165, 1.54) is 0 Å². The molecule has 0 amide bonds. The highest BCUT2D eigenvalue weighted by Gasteiger charge is 1.98. The Morgan fingerprint density at radius 3 is 2.82 bits per heavy atom. The van der Waals surface area contributed by atoms with Crippen LogP contribution in [0.2, 0.25) is 0 Å². The Bertz CT molecular complexity index is 464. The summed E-state index contributed by atoms with van der Waals surface area (Å²) in [6.07, 6.45) is 6.87. The molecule has 5 heteroatoms. The molecule has 2 rings (SSSR count). The molecule has 2 aromatic rings. The zero-order valence-electron chi connectivity index (χ0n) is 9.73. The first kappa shape index (κ1) is 12.3. The van der Waals surface area contributed by atoms with Gasteiger partial charge in [0, 0.05) is 18.9 Å². The molecule has 0 bridgehead atoms. The van der Waals surface area contributed by atoms with Gasteiger partial charge in [-0.25, -0.2) is 4.98 Å². The number of hydrogen-bond donors (Lipinski definition) is 1. The summed E-state index contributed by atoms with van der Waals surface area (Å²) in [4.78, 5) is 4.37. The molecule has 0 aliphatic rings. The summed E-state index contributed by atoms with van der Waals surface area (Å²) in [5.74, 6) is 0.936. The van der Waals surface area contributed by atoms with E-state index in [1.807, 2.05) is 29.3 Å². The van der Waals surface area contributed by atoms with Gasteiger partial charge in [0.05, 0.1) is 16.3 Å². The van der Waals surface area contributed by atoms with Crippen LogP contribution in [0, 0.1) is 3.57 Å². The van der Waals surface area contributed by atoms with E-state index in [-0.39, 0.29) is 0 Å². The molecular weight excluding hydrogens is 327 g/mol. The molecule has 1 N–H and O–H groups in total. The molecule has 0 atom stereocenters. The summed E-state index contributed by atoms with van der Waals surface area (Å²) in [6, 6.07) is 4.10. The first-order valence-corrected chi connectivity index (χ1v) is 6.72. The Labute approximate surface area is 115 Å². The van der Waals surface area contributed by atoms with Crippen molar-refractivity contribution in [3.63, 3.8) is 0 Å². The van der Waals surface area contributed by atoms with Crippen molar-refractivity contribution >= 4 is 28.4 Å². The fraction of sp³-hybridized carbons (Fsp3) is 0.333. The summed E-state index contributed by atoms with van der Waals surface area (Å²) in [5.41, 5.74) is 1.16. The third-order valence-electron chi connectivity index (χ3n) is 2.33. The number of hydrogen-bond acceptors (Lipinski definition) is 3. The lowest BCUT2D eigenvalue weighted by molar-refractivity contribution is 0.684. The Morgan fingerprint density at radius 1 is 1.35 bits per heavy atom. The molecule has 2 aromatic heterocycles. The molecule has 0 aliphatic carbocycles. The van der Waals surface area contributed by atoms with Crippen molar-refractivity contribution in [1.29, 1.82) is 0 Å². The monoisotopic (exact) mass is 342 g/mol. The van der Waals surface area contributed by atoms with Crippen molar-refractivity contribution in [3.05, 3.63) is 39.9 Å². The minimum Gasteiger partial charge on any atom is -0.370 e. The van der Waals surface area contributed by atoms with Gasteiger partial charge in [0.2, 0.25) is 0 Å². The van der Waals surface area contributed by atoms with Crippen molar-refractivity contribution in [3.8, 4) is 0 Å². The van der Waals surface area contributed by atoms with E-state index in [2.05, 4.69) is 51.0 Å². The van der Waals surface area contributed by atoms with Gasteiger partial charge in [-0.15, -0.1) is 0 Å². The zero-order valence-corrected chi connectivity index (χ0v) is 11.9. The van der Waals surface area contributed by atoms with E-state index in [4.69, 9.17) is 0 Å². The van der Waals surface area contributed by atoms with Crippen molar-refractivity contribution in [1.82, 2.24) is 14.8 Å². The minimum atomic E-state index is 0.768. The number of aromatic nitrogens is 3. The Hall–Kier alpha value is -1.11. The predicted octanol–water partition coefficient (Wildman–Crippen LogP) is 2.75. The van der Waals surface area contributed by atoms with Gasteiger partial charge in [0.25, 0.3) is 0 Å². The molecule has 2 heterocycles. The highest BCUT2D eigenvalue weighted by atomic mass is 127. The molecule has 0 unspecified atom stereocenters. The van der Waals surface area contributed by atoms with Crippen LogP contribution in [0.3, 0.4) is 0 Å². The molecule has 0 saturated heterocycles. The first-order chi connectivity index (χ1) is 8.28. The average molecular weight is 342 g/mol. The standard InChI is InChI=1S/C12H15IN4/c1-2-5-14-12-4-3-10(6-15-12)8-17-9-11(13)7-16-17/h3-4,6-7,9H,2,5,8H2,1H3,(H,14,15). The fourth-order valence-electron chi connectivity index (χ4n) is 1.49. The summed E-state index contributed by atoms with van der Waals surface area (Å²) >= 11 is 2.25. The summed E-state index contributed by atoms with van der Waals surface area (Å²) in [6.45, 7) is 3.87. The number of halogens is 1. The predicted molar refractivity (Wildman–Crippen MR) is 77.1 cm³/mol. The van der Waals surface area contributed by atoms with E-state index in [9.17, 15) is 0 Å². The number of anilines is 1. The van der Waals surface area contributed by atoms with Crippen molar-refractivity contribution in [2.45, 2.75) is 19.9 Å². The second-order valence-corrected chi connectivity index (χ2v) is 5.08. The smallest absolute Gasteiger partial charge is 0.125 e. The van der Waals surface area contributed by atoms with Crippen molar-refractivity contribution in [2.75, 3.05) is 11.9 Å². The van der Waals surface area contributed by atoms with Gasteiger partial charge in [-0.2, -0.15) is 5.10 Å². The third-order valence-corrected chi connectivity index (χ3v) is 2.88. The number of nitrogens with zero attached hydrogens (tertiary/aromatic N) is 3. The number of nitrogens with one attached hydrogen (secondary N) is 1. The SMILES string of the molecule is CCCNc1ccc(Cn2cc(I)cn2)cn1. The Balaban J connectivity index is 1.98. The minimum absolute atomic E-state index is 0.768. The van der Waals surface area contributed by atoms with Gasteiger partial charge in [-0.1, -0.05) is 13.0 Å². The molecular formula is C12H15IN4. The molecule has 0 aliphatic heterocycles. The number of pyridine rings is 1. The van der Waals surface area contributed by atoms with Crippen LogP contribution in [0.4, 0.5) is 5.82 Å². The van der Waals surface area contributed by atoms with E-state index < -0.39 is 0 Å². The maximum absolute atomic E-state index is 4.37. The second-order valence-electron chi connectivity index (χ2n) is 3.83. The van der Waals surface area contributed by atoms with Crippen LogP contribution in [0.5, 0.6) is 0 Å². The molecule has 17 heavy (non-hydrogen) atoms. The van der Waals surface area contributed by atoms with Crippen LogP contribution in [0.1, 0.15) is 18.9 Å². The molecule has 0 fully saturated rings. The Morgan fingerprint density at radius 2 is 2.24 bits per heavy atom. The normalized spacial score (nSPS) is 10.5. The topological polar surface area (TPSA) is 42.7 Å². The Kier molecular flexibility index (Phi) is 4.36. The van der Waals surface area contributed by atoms with Gasteiger partial charge in [-0.3, -0.25) is 4.68 Å². The summed E-state index contributed by atoms with van der Waals surface area (Å²) in [7, 11) is 0. The number of rotatable bonds is 5. The molecule has 0 aromatic carbocycles. The molecule has 0 radical (unpaired) electrons. The van der Waals surface area contributed by atoms with E-state index in [0.717, 1.165) is 34.5 Å². The van der Waals surface area contributed by atoms with Crippen LogP contribution < -0.4 is 5.32 Å². The van der Waals surface area contributed by atoms with Gasteiger partial charge >= 0.3 is 0 Å². The molecule has 4 nitrogen and oxygen atoms in total. The molecule has 0 saturated carbocycles. The highest BCUT2D eigenvalue weighted by Crippen LogP contribution is 2.08. The van der Waals surface area contributed by atoms with Crippen LogP contribution >= 0.6 is 22.6 Å². The van der Waals surface area contributed by atoms with E-state index in [0.29, 0.717) is 0 Å². The van der Waals surface area contributed by atoms with E-state index >= 15 is 0 Å². The van der Waals surface area contributed by atoms with Crippen LogP contribution in [0.15, 0.2) is 30.7 Å². The average Bonchev–Trinajstić information content (AvgIpc) is 2.74. The second kappa shape index (κ2) is 6.00. The molecule has 0 spiro atoms. The maximum Gasteiger partial charge on any atom is 0.125 e. The quantitative estimate of drug-likeness (QED) is 0.850. The van der Waals surface area contributed by atoms with Crippen LogP contribution in [-0.4, -0.2) is 21.3 Å². The summed E-state index contributed by atoms with van der Waals surface area (Å²) in [5, 5.41) is 7.50. The van der Waals surface area contributed by atoms with Gasteiger partial charge in [0.1, 0.15) is 5.82 Å². The third kappa shape index (κ3) is 3.69. The van der Waals surface area contributed by atoms with E-state index in [1.54, 1.807) is 0 Å². The van der Waals surface area contributed by atoms with Crippen LogP contribution in [0.25, 0.3) is 0 Å².